The standard InChI is InChI=1S/C16H12ClNO/c1-11-3-2-4-13(9-11)19-16-7-8-18-15-10-12(17)5-6-14(15)16/h2-10H,1H3. The van der Waals surface area contributed by atoms with E-state index in [4.69, 9.17) is 16.3 Å². The van der Waals surface area contributed by atoms with E-state index in [0.717, 1.165) is 22.4 Å². The Bertz CT molecular complexity index is 740. The van der Waals surface area contributed by atoms with Gasteiger partial charge in [0.05, 0.1) is 5.52 Å². The molecule has 0 unspecified atom stereocenters. The highest BCUT2D eigenvalue weighted by Crippen LogP contribution is 2.30. The summed E-state index contributed by atoms with van der Waals surface area (Å²) < 4.78 is 5.93. The fraction of sp³-hybridized carbons (Fsp3) is 0.0625. The number of aryl methyl sites for hydroxylation is 1. The quantitative estimate of drug-likeness (QED) is 0.654. The van der Waals surface area contributed by atoms with Crippen LogP contribution >= 0.6 is 11.6 Å². The molecule has 2 nitrogen and oxygen atoms in total. The van der Waals surface area contributed by atoms with Crippen molar-refractivity contribution in [3.05, 3.63) is 65.3 Å². The van der Waals surface area contributed by atoms with Crippen molar-refractivity contribution in [3.8, 4) is 11.5 Å². The molecule has 0 amide bonds. The fourth-order valence-electron chi connectivity index (χ4n) is 1.99. The van der Waals surface area contributed by atoms with Crippen LogP contribution in [0.2, 0.25) is 5.02 Å². The van der Waals surface area contributed by atoms with Crippen LogP contribution in [0.25, 0.3) is 10.9 Å². The highest BCUT2D eigenvalue weighted by atomic mass is 35.5. The molecule has 1 aromatic heterocycles. The summed E-state index contributed by atoms with van der Waals surface area (Å²) in [6.07, 6.45) is 1.73. The molecule has 0 N–H and O–H groups in total. The van der Waals surface area contributed by atoms with Crippen LogP contribution < -0.4 is 4.74 Å². The third-order valence-electron chi connectivity index (χ3n) is 2.88. The lowest BCUT2D eigenvalue weighted by molar-refractivity contribution is 0.487. The molecule has 2 aromatic carbocycles. The molecule has 0 atom stereocenters. The van der Waals surface area contributed by atoms with Crippen LogP contribution in [0.15, 0.2) is 54.7 Å². The molecule has 3 rings (SSSR count). The zero-order valence-electron chi connectivity index (χ0n) is 10.4. The Morgan fingerprint density at radius 1 is 1.05 bits per heavy atom. The van der Waals surface area contributed by atoms with Crippen molar-refractivity contribution in [2.75, 3.05) is 0 Å². The largest absolute Gasteiger partial charge is 0.457 e. The summed E-state index contributed by atoms with van der Waals surface area (Å²) in [6.45, 7) is 2.04. The lowest BCUT2D eigenvalue weighted by Gasteiger charge is -2.09. The second kappa shape index (κ2) is 4.90. The van der Waals surface area contributed by atoms with Gasteiger partial charge >= 0.3 is 0 Å². The van der Waals surface area contributed by atoms with E-state index in [0.29, 0.717) is 5.02 Å². The first-order valence-electron chi connectivity index (χ1n) is 6.01. The van der Waals surface area contributed by atoms with Crippen molar-refractivity contribution in [1.82, 2.24) is 4.98 Å². The molecule has 3 aromatic rings. The normalized spacial score (nSPS) is 10.6. The van der Waals surface area contributed by atoms with Gasteiger partial charge in [-0.15, -0.1) is 0 Å². The van der Waals surface area contributed by atoms with Crippen LogP contribution in [0.5, 0.6) is 11.5 Å². The Morgan fingerprint density at radius 2 is 1.95 bits per heavy atom. The Balaban J connectivity index is 2.06. The summed E-state index contributed by atoms with van der Waals surface area (Å²) >= 11 is 5.97. The average Bonchev–Trinajstić information content (AvgIpc) is 2.38. The van der Waals surface area contributed by atoms with E-state index in [1.807, 2.05) is 55.5 Å². The minimum Gasteiger partial charge on any atom is -0.457 e. The highest BCUT2D eigenvalue weighted by molar-refractivity contribution is 6.31. The first kappa shape index (κ1) is 12.0. The summed E-state index contributed by atoms with van der Waals surface area (Å²) in [5.41, 5.74) is 2.00. The summed E-state index contributed by atoms with van der Waals surface area (Å²) in [6, 6.07) is 15.4. The molecule has 0 saturated heterocycles. The van der Waals surface area contributed by atoms with Crippen LogP contribution in [-0.4, -0.2) is 4.98 Å². The van der Waals surface area contributed by atoms with Gasteiger partial charge in [0.25, 0.3) is 0 Å². The molecule has 94 valence electrons. The predicted octanol–water partition coefficient (Wildman–Crippen LogP) is 4.99. The van der Waals surface area contributed by atoms with Crippen LogP contribution in [0.3, 0.4) is 0 Å². The number of fused-ring (bicyclic) bond motifs is 1. The van der Waals surface area contributed by atoms with Gasteiger partial charge in [0.2, 0.25) is 0 Å². The molecular weight excluding hydrogens is 258 g/mol. The van der Waals surface area contributed by atoms with Gasteiger partial charge in [-0.3, -0.25) is 4.98 Å². The second-order valence-corrected chi connectivity index (χ2v) is 4.83. The number of ether oxygens (including phenoxy) is 1. The van der Waals surface area contributed by atoms with Crippen molar-refractivity contribution in [1.29, 1.82) is 0 Å². The SMILES string of the molecule is Cc1cccc(Oc2ccnc3cc(Cl)ccc23)c1. The molecule has 0 bridgehead atoms. The molecule has 0 radical (unpaired) electrons. The van der Waals surface area contributed by atoms with Crippen LogP contribution in [0.1, 0.15) is 5.56 Å². The van der Waals surface area contributed by atoms with Crippen molar-refractivity contribution in [3.63, 3.8) is 0 Å². The van der Waals surface area contributed by atoms with E-state index in [1.54, 1.807) is 6.20 Å². The van der Waals surface area contributed by atoms with Gasteiger partial charge in [0.1, 0.15) is 11.5 Å². The van der Waals surface area contributed by atoms with E-state index in [2.05, 4.69) is 4.98 Å². The fourth-order valence-corrected chi connectivity index (χ4v) is 2.16. The molecule has 0 aliphatic rings. The third-order valence-corrected chi connectivity index (χ3v) is 3.12. The Hall–Kier alpha value is -2.06. The maximum Gasteiger partial charge on any atom is 0.138 e. The molecule has 3 heteroatoms. The van der Waals surface area contributed by atoms with Crippen LogP contribution in [0.4, 0.5) is 0 Å². The Morgan fingerprint density at radius 3 is 2.79 bits per heavy atom. The van der Waals surface area contributed by atoms with Gasteiger partial charge in [0.15, 0.2) is 0 Å². The molecule has 0 aliphatic heterocycles. The van der Waals surface area contributed by atoms with E-state index in [1.165, 1.54) is 5.56 Å². The molecule has 0 fully saturated rings. The summed E-state index contributed by atoms with van der Waals surface area (Å²) in [7, 11) is 0. The number of hydrogen-bond acceptors (Lipinski definition) is 2. The lowest BCUT2D eigenvalue weighted by Crippen LogP contribution is -1.88. The van der Waals surface area contributed by atoms with E-state index in [9.17, 15) is 0 Å². The lowest BCUT2D eigenvalue weighted by atomic mass is 10.2. The van der Waals surface area contributed by atoms with Gasteiger partial charge in [0, 0.05) is 16.6 Å². The summed E-state index contributed by atoms with van der Waals surface area (Å²) in [5, 5.41) is 1.63. The molecule has 19 heavy (non-hydrogen) atoms. The monoisotopic (exact) mass is 269 g/mol. The van der Waals surface area contributed by atoms with Crippen LogP contribution in [0, 0.1) is 6.92 Å². The maximum absolute atomic E-state index is 5.97. The molecular formula is C16H12ClNO. The molecule has 1 heterocycles. The summed E-state index contributed by atoms with van der Waals surface area (Å²) in [4.78, 5) is 4.30. The van der Waals surface area contributed by atoms with Gasteiger partial charge in [-0.2, -0.15) is 0 Å². The number of aromatic nitrogens is 1. The first-order chi connectivity index (χ1) is 9.22. The van der Waals surface area contributed by atoms with Crippen molar-refractivity contribution >= 4 is 22.5 Å². The average molecular weight is 270 g/mol. The van der Waals surface area contributed by atoms with E-state index in [-0.39, 0.29) is 0 Å². The molecule has 0 saturated carbocycles. The van der Waals surface area contributed by atoms with Crippen molar-refractivity contribution in [2.24, 2.45) is 0 Å². The minimum absolute atomic E-state index is 0.674. The molecule has 0 aliphatic carbocycles. The van der Waals surface area contributed by atoms with Crippen LogP contribution in [-0.2, 0) is 0 Å². The Kier molecular flexibility index (Phi) is 3.10. The smallest absolute Gasteiger partial charge is 0.138 e. The van der Waals surface area contributed by atoms with Gasteiger partial charge in [-0.1, -0.05) is 23.7 Å². The maximum atomic E-state index is 5.97. The zero-order valence-corrected chi connectivity index (χ0v) is 11.2. The van der Waals surface area contributed by atoms with E-state index >= 15 is 0 Å². The van der Waals surface area contributed by atoms with Crippen molar-refractivity contribution < 1.29 is 4.74 Å². The van der Waals surface area contributed by atoms with Crippen molar-refractivity contribution in [2.45, 2.75) is 6.92 Å². The zero-order chi connectivity index (χ0) is 13.2. The van der Waals surface area contributed by atoms with Gasteiger partial charge in [-0.25, -0.2) is 0 Å². The number of hydrogen-bond donors (Lipinski definition) is 0. The predicted molar refractivity (Wildman–Crippen MR) is 78.0 cm³/mol. The minimum atomic E-state index is 0.674. The molecule has 0 spiro atoms. The number of pyridine rings is 1. The Labute approximate surface area is 116 Å². The number of halogens is 1. The first-order valence-corrected chi connectivity index (χ1v) is 6.39. The number of rotatable bonds is 2. The number of benzene rings is 2. The van der Waals surface area contributed by atoms with E-state index < -0.39 is 0 Å². The topological polar surface area (TPSA) is 22.1 Å². The summed E-state index contributed by atoms with van der Waals surface area (Å²) in [5.74, 6) is 1.61. The highest BCUT2D eigenvalue weighted by Gasteiger charge is 2.05. The third kappa shape index (κ3) is 2.54. The van der Waals surface area contributed by atoms with Gasteiger partial charge < -0.3 is 4.74 Å². The van der Waals surface area contributed by atoms with Gasteiger partial charge in [-0.05, 0) is 48.9 Å². The number of nitrogens with zero attached hydrogens (tertiary/aromatic N) is 1. The second-order valence-electron chi connectivity index (χ2n) is 4.39.